The Morgan fingerprint density at radius 2 is 1.89 bits per heavy atom. The van der Waals surface area contributed by atoms with Crippen LogP contribution in [0.1, 0.15) is 38.7 Å². The number of aromatic hydroxyl groups is 1. The highest BCUT2D eigenvalue weighted by Gasteiger charge is 2.19. The molecule has 2 rings (SSSR count). The molecule has 0 saturated carbocycles. The quantitative estimate of drug-likeness (QED) is 0.881. The third-order valence-corrected chi connectivity index (χ3v) is 4.15. The molecule has 1 aliphatic heterocycles. The van der Waals surface area contributed by atoms with Gasteiger partial charge in [-0.3, -0.25) is 4.90 Å². The molecular weight excluding hydrogens is 222 g/mol. The van der Waals surface area contributed by atoms with Gasteiger partial charge >= 0.3 is 0 Å². The standard InChI is InChI=1S/C16H25NO/c1-13(2)15-4-3-10-17(11-9-15)12-14-5-7-16(18)8-6-14/h5-8,13,15,18H,3-4,9-12H2,1-2H3. The van der Waals surface area contributed by atoms with E-state index in [9.17, 15) is 5.11 Å². The summed E-state index contributed by atoms with van der Waals surface area (Å²) >= 11 is 0. The van der Waals surface area contributed by atoms with Crippen LogP contribution in [0.5, 0.6) is 5.75 Å². The molecule has 0 bridgehead atoms. The van der Waals surface area contributed by atoms with Crippen LogP contribution < -0.4 is 0 Å². The van der Waals surface area contributed by atoms with Crippen molar-refractivity contribution in [1.29, 1.82) is 0 Å². The van der Waals surface area contributed by atoms with Crippen LogP contribution in [-0.2, 0) is 6.54 Å². The molecule has 1 aromatic rings. The summed E-state index contributed by atoms with van der Waals surface area (Å²) in [7, 11) is 0. The molecule has 0 radical (unpaired) electrons. The summed E-state index contributed by atoms with van der Waals surface area (Å²) in [5.74, 6) is 2.07. The van der Waals surface area contributed by atoms with E-state index in [1.807, 2.05) is 12.1 Å². The lowest BCUT2D eigenvalue weighted by atomic mass is 9.89. The Labute approximate surface area is 111 Å². The van der Waals surface area contributed by atoms with Gasteiger partial charge < -0.3 is 5.11 Å². The first kappa shape index (κ1) is 13.4. The summed E-state index contributed by atoms with van der Waals surface area (Å²) < 4.78 is 0. The van der Waals surface area contributed by atoms with Crippen LogP contribution in [0.3, 0.4) is 0 Å². The lowest BCUT2D eigenvalue weighted by molar-refractivity contribution is 0.264. The normalized spacial score (nSPS) is 22.1. The second kappa shape index (κ2) is 6.24. The van der Waals surface area contributed by atoms with Crippen molar-refractivity contribution in [2.75, 3.05) is 13.1 Å². The molecule has 1 atom stereocenters. The fraction of sp³-hybridized carbons (Fsp3) is 0.625. The van der Waals surface area contributed by atoms with E-state index < -0.39 is 0 Å². The number of benzene rings is 1. The molecule has 1 heterocycles. The van der Waals surface area contributed by atoms with Crippen LogP contribution in [0, 0.1) is 11.8 Å². The van der Waals surface area contributed by atoms with E-state index in [4.69, 9.17) is 0 Å². The highest BCUT2D eigenvalue weighted by atomic mass is 16.3. The summed E-state index contributed by atoms with van der Waals surface area (Å²) in [6.07, 6.45) is 4.03. The van der Waals surface area contributed by atoms with Crippen LogP contribution in [0.15, 0.2) is 24.3 Å². The van der Waals surface area contributed by atoms with Crippen LogP contribution >= 0.6 is 0 Å². The van der Waals surface area contributed by atoms with Gasteiger partial charge in [-0.25, -0.2) is 0 Å². The lowest BCUT2D eigenvalue weighted by Crippen LogP contribution is -2.24. The Kier molecular flexibility index (Phi) is 4.65. The van der Waals surface area contributed by atoms with Gasteiger partial charge in [-0.2, -0.15) is 0 Å². The highest BCUT2D eigenvalue weighted by Crippen LogP contribution is 2.25. The van der Waals surface area contributed by atoms with E-state index in [0.29, 0.717) is 5.75 Å². The summed E-state index contributed by atoms with van der Waals surface area (Å²) in [6, 6.07) is 7.62. The number of likely N-dealkylation sites (tertiary alicyclic amines) is 1. The van der Waals surface area contributed by atoms with Gasteiger partial charge in [-0.05, 0) is 61.9 Å². The maximum atomic E-state index is 9.29. The van der Waals surface area contributed by atoms with Crippen molar-refractivity contribution in [3.05, 3.63) is 29.8 Å². The summed E-state index contributed by atoms with van der Waals surface area (Å²) in [4.78, 5) is 2.55. The monoisotopic (exact) mass is 247 g/mol. The van der Waals surface area contributed by atoms with Crippen molar-refractivity contribution < 1.29 is 5.11 Å². The molecule has 1 saturated heterocycles. The fourth-order valence-corrected chi connectivity index (χ4v) is 2.87. The van der Waals surface area contributed by atoms with Crippen molar-refractivity contribution in [1.82, 2.24) is 4.90 Å². The molecule has 2 nitrogen and oxygen atoms in total. The van der Waals surface area contributed by atoms with Crippen LogP contribution in [-0.4, -0.2) is 23.1 Å². The number of phenolic OH excluding ortho intramolecular Hbond substituents is 1. The van der Waals surface area contributed by atoms with E-state index in [0.717, 1.165) is 18.4 Å². The van der Waals surface area contributed by atoms with Gasteiger partial charge in [0.2, 0.25) is 0 Å². The smallest absolute Gasteiger partial charge is 0.115 e. The Hall–Kier alpha value is -1.02. The Balaban J connectivity index is 1.88. The van der Waals surface area contributed by atoms with Crippen LogP contribution in [0.4, 0.5) is 0 Å². The average molecular weight is 247 g/mol. The third kappa shape index (κ3) is 3.74. The first-order valence-electron chi connectivity index (χ1n) is 7.15. The van der Waals surface area contributed by atoms with Crippen molar-refractivity contribution in [3.63, 3.8) is 0 Å². The molecular formula is C16H25NO. The summed E-state index contributed by atoms with van der Waals surface area (Å²) in [5, 5.41) is 9.29. The Morgan fingerprint density at radius 3 is 2.56 bits per heavy atom. The van der Waals surface area contributed by atoms with Gasteiger partial charge in [0.05, 0.1) is 0 Å². The largest absolute Gasteiger partial charge is 0.508 e. The Morgan fingerprint density at radius 1 is 1.17 bits per heavy atom. The van der Waals surface area contributed by atoms with Crippen molar-refractivity contribution >= 4 is 0 Å². The first-order chi connectivity index (χ1) is 8.65. The lowest BCUT2D eigenvalue weighted by Gasteiger charge is -2.21. The Bertz CT molecular complexity index is 358. The SMILES string of the molecule is CC(C)C1CCCN(Cc2ccc(O)cc2)CC1. The molecule has 2 heteroatoms. The number of nitrogens with zero attached hydrogens (tertiary/aromatic N) is 1. The molecule has 1 aliphatic rings. The van der Waals surface area contributed by atoms with Crippen LogP contribution in [0.25, 0.3) is 0 Å². The van der Waals surface area contributed by atoms with Crippen molar-refractivity contribution in [2.45, 2.75) is 39.7 Å². The third-order valence-electron chi connectivity index (χ3n) is 4.15. The van der Waals surface area contributed by atoms with Crippen molar-refractivity contribution in [3.8, 4) is 5.75 Å². The summed E-state index contributed by atoms with van der Waals surface area (Å²) in [5.41, 5.74) is 1.30. The van der Waals surface area contributed by atoms with E-state index >= 15 is 0 Å². The zero-order valence-corrected chi connectivity index (χ0v) is 11.6. The fourth-order valence-electron chi connectivity index (χ4n) is 2.87. The minimum absolute atomic E-state index is 0.356. The molecule has 100 valence electrons. The van der Waals surface area contributed by atoms with Gasteiger partial charge in [-0.1, -0.05) is 26.0 Å². The first-order valence-corrected chi connectivity index (χ1v) is 7.15. The van der Waals surface area contributed by atoms with E-state index in [-0.39, 0.29) is 0 Å². The predicted octanol–water partition coefficient (Wildman–Crippen LogP) is 3.65. The zero-order chi connectivity index (χ0) is 13.0. The topological polar surface area (TPSA) is 23.5 Å². The maximum Gasteiger partial charge on any atom is 0.115 e. The molecule has 1 unspecified atom stereocenters. The molecule has 0 aromatic heterocycles. The minimum Gasteiger partial charge on any atom is -0.508 e. The van der Waals surface area contributed by atoms with Crippen molar-refractivity contribution in [2.24, 2.45) is 11.8 Å². The second-order valence-electron chi connectivity index (χ2n) is 5.88. The highest BCUT2D eigenvalue weighted by molar-refractivity contribution is 5.25. The average Bonchev–Trinajstić information content (AvgIpc) is 2.58. The number of phenols is 1. The maximum absolute atomic E-state index is 9.29. The molecule has 1 N–H and O–H groups in total. The molecule has 1 fully saturated rings. The molecule has 0 spiro atoms. The number of hydrogen-bond donors (Lipinski definition) is 1. The molecule has 18 heavy (non-hydrogen) atoms. The molecule has 0 aliphatic carbocycles. The van der Waals surface area contributed by atoms with Gasteiger partial charge in [-0.15, -0.1) is 0 Å². The molecule has 1 aromatic carbocycles. The second-order valence-corrected chi connectivity index (χ2v) is 5.88. The number of hydrogen-bond acceptors (Lipinski definition) is 2. The van der Waals surface area contributed by atoms with E-state index in [1.165, 1.54) is 37.9 Å². The van der Waals surface area contributed by atoms with Gasteiger partial charge in [0.25, 0.3) is 0 Å². The van der Waals surface area contributed by atoms with E-state index in [1.54, 1.807) is 12.1 Å². The van der Waals surface area contributed by atoms with Gasteiger partial charge in [0, 0.05) is 6.54 Å². The van der Waals surface area contributed by atoms with E-state index in [2.05, 4.69) is 18.7 Å². The summed E-state index contributed by atoms with van der Waals surface area (Å²) in [6.45, 7) is 8.14. The van der Waals surface area contributed by atoms with Crippen LogP contribution in [0.2, 0.25) is 0 Å². The zero-order valence-electron chi connectivity index (χ0n) is 11.6. The number of rotatable bonds is 3. The van der Waals surface area contributed by atoms with Gasteiger partial charge in [0.15, 0.2) is 0 Å². The van der Waals surface area contributed by atoms with Gasteiger partial charge in [0.1, 0.15) is 5.75 Å². The minimum atomic E-state index is 0.356. The molecule has 0 amide bonds. The predicted molar refractivity (Wildman–Crippen MR) is 75.6 cm³/mol.